The second-order valence-electron chi connectivity index (χ2n) is 3.70. The number of hydrogen-bond donors (Lipinski definition) is 0. The van der Waals surface area contributed by atoms with E-state index >= 15 is 0 Å². The van der Waals surface area contributed by atoms with Gasteiger partial charge in [-0.15, -0.1) is 11.3 Å². The van der Waals surface area contributed by atoms with Crippen molar-refractivity contribution in [2.75, 3.05) is 0 Å². The Labute approximate surface area is 111 Å². The number of benzene rings is 1. The molecule has 0 amide bonds. The number of aryl methyl sites for hydroxylation is 1. The molecule has 0 aliphatic carbocycles. The van der Waals surface area contributed by atoms with Crippen LogP contribution in [0.5, 0.6) is 0 Å². The molecule has 0 aliphatic heterocycles. The van der Waals surface area contributed by atoms with E-state index in [1.165, 1.54) is 11.6 Å². The van der Waals surface area contributed by atoms with Crippen LogP contribution in [0, 0.1) is 11.6 Å². The first-order valence-electron chi connectivity index (χ1n) is 5.28. The summed E-state index contributed by atoms with van der Waals surface area (Å²) in [5.41, 5.74) is 1.97. The van der Waals surface area contributed by atoms with Crippen molar-refractivity contribution in [3.8, 4) is 0 Å². The lowest BCUT2D eigenvalue weighted by Crippen LogP contribution is -1.95. The lowest BCUT2D eigenvalue weighted by molar-refractivity contribution is 0.507. The molecule has 0 nitrogen and oxygen atoms in total. The van der Waals surface area contributed by atoms with Crippen LogP contribution >= 0.6 is 27.3 Å². The highest BCUT2D eigenvalue weighted by Crippen LogP contribution is 2.37. The average molecular weight is 317 g/mol. The Morgan fingerprint density at radius 1 is 1.24 bits per heavy atom. The Morgan fingerprint density at radius 2 is 2.00 bits per heavy atom. The summed E-state index contributed by atoms with van der Waals surface area (Å²) < 4.78 is 26.0. The zero-order valence-electron chi connectivity index (χ0n) is 9.21. The number of halogens is 3. The quantitative estimate of drug-likeness (QED) is 0.693. The SMILES string of the molecule is CCc1ccsc1C(Br)c1ccc(F)c(F)c1. The van der Waals surface area contributed by atoms with Gasteiger partial charge in [-0.1, -0.05) is 28.9 Å². The van der Waals surface area contributed by atoms with Gasteiger partial charge >= 0.3 is 0 Å². The summed E-state index contributed by atoms with van der Waals surface area (Å²) in [7, 11) is 0. The third kappa shape index (κ3) is 2.58. The zero-order chi connectivity index (χ0) is 12.4. The molecule has 1 aromatic carbocycles. The molecule has 0 radical (unpaired) electrons. The number of alkyl halides is 1. The monoisotopic (exact) mass is 316 g/mol. The summed E-state index contributed by atoms with van der Waals surface area (Å²) in [5.74, 6) is -1.61. The van der Waals surface area contributed by atoms with Crippen LogP contribution in [0.4, 0.5) is 8.78 Å². The first-order chi connectivity index (χ1) is 8.13. The van der Waals surface area contributed by atoms with Crippen molar-refractivity contribution in [3.63, 3.8) is 0 Å². The molecule has 0 N–H and O–H groups in total. The Hall–Kier alpha value is -0.740. The number of rotatable bonds is 3. The summed E-state index contributed by atoms with van der Waals surface area (Å²) in [4.78, 5) is 1.08. The van der Waals surface area contributed by atoms with Crippen LogP contribution < -0.4 is 0 Å². The normalized spacial score (nSPS) is 12.7. The topological polar surface area (TPSA) is 0 Å². The van der Waals surface area contributed by atoms with Gasteiger partial charge in [0.05, 0.1) is 4.83 Å². The van der Waals surface area contributed by atoms with E-state index in [9.17, 15) is 8.78 Å². The highest BCUT2D eigenvalue weighted by atomic mass is 79.9. The van der Waals surface area contributed by atoms with E-state index < -0.39 is 11.6 Å². The Kier molecular flexibility index (Phi) is 3.94. The standard InChI is InChI=1S/C13H11BrF2S/c1-2-8-5-6-17-13(8)12(14)9-3-4-10(15)11(16)7-9/h3-7,12H,2H2,1H3. The first kappa shape index (κ1) is 12.7. The summed E-state index contributed by atoms with van der Waals surface area (Å²) in [5, 5.41) is 2.02. The van der Waals surface area contributed by atoms with Crippen LogP contribution in [-0.4, -0.2) is 0 Å². The molecule has 0 saturated heterocycles. The molecule has 0 aliphatic rings. The minimum atomic E-state index is -0.810. The van der Waals surface area contributed by atoms with Crippen molar-refractivity contribution >= 4 is 27.3 Å². The van der Waals surface area contributed by atoms with Crippen molar-refractivity contribution < 1.29 is 8.78 Å². The average Bonchev–Trinajstić information content (AvgIpc) is 2.80. The molecule has 1 aromatic heterocycles. The third-order valence-corrected chi connectivity index (χ3v) is 4.94. The third-order valence-electron chi connectivity index (χ3n) is 2.63. The van der Waals surface area contributed by atoms with Crippen molar-refractivity contribution in [3.05, 3.63) is 57.3 Å². The minimum Gasteiger partial charge on any atom is -0.204 e. The Balaban J connectivity index is 2.36. The lowest BCUT2D eigenvalue weighted by Gasteiger charge is -2.11. The maximum absolute atomic E-state index is 13.2. The van der Waals surface area contributed by atoms with Gasteiger partial charge in [-0.2, -0.15) is 0 Å². The maximum Gasteiger partial charge on any atom is 0.159 e. The van der Waals surface area contributed by atoms with E-state index in [-0.39, 0.29) is 4.83 Å². The van der Waals surface area contributed by atoms with Gasteiger partial charge in [-0.25, -0.2) is 8.78 Å². The zero-order valence-corrected chi connectivity index (χ0v) is 11.6. The van der Waals surface area contributed by atoms with Gasteiger partial charge in [0.1, 0.15) is 0 Å². The van der Waals surface area contributed by atoms with Crippen LogP contribution in [0.15, 0.2) is 29.6 Å². The van der Waals surface area contributed by atoms with E-state index in [4.69, 9.17) is 0 Å². The van der Waals surface area contributed by atoms with Gasteiger partial charge < -0.3 is 0 Å². The Bertz CT molecular complexity index is 522. The molecule has 17 heavy (non-hydrogen) atoms. The second-order valence-corrected chi connectivity index (χ2v) is 5.56. The molecule has 2 rings (SSSR count). The summed E-state index contributed by atoms with van der Waals surface area (Å²) >= 11 is 5.17. The van der Waals surface area contributed by atoms with Crippen molar-refractivity contribution in [2.24, 2.45) is 0 Å². The van der Waals surface area contributed by atoms with Crippen LogP contribution in [0.3, 0.4) is 0 Å². The smallest absolute Gasteiger partial charge is 0.159 e. The summed E-state index contributed by atoms with van der Waals surface area (Å²) in [6, 6.07) is 6.08. The first-order valence-corrected chi connectivity index (χ1v) is 7.08. The molecular formula is C13H11BrF2S. The minimum absolute atomic E-state index is 0.0763. The molecule has 0 saturated carbocycles. The second kappa shape index (κ2) is 5.27. The fourth-order valence-electron chi connectivity index (χ4n) is 1.68. The van der Waals surface area contributed by atoms with Gasteiger partial charge in [0.2, 0.25) is 0 Å². The molecule has 90 valence electrons. The largest absolute Gasteiger partial charge is 0.204 e. The van der Waals surface area contributed by atoms with Gasteiger partial charge in [0.25, 0.3) is 0 Å². The highest BCUT2D eigenvalue weighted by Gasteiger charge is 2.16. The predicted molar refractivity (Wildman–Crippen MR) is 70.8 cm³/mol. The molecule has 2 aromatic rings. The summed E-state index contributed by atoms with van der Waals surface area (Å²) in [6.45, 7) is 2.08. The molecule has 0 fully saturated rings. The molecular weight excluding hydrogens is 306 g/mol. The van der Waals surface area contributed by atoms with Crippen LogP contribution in [-0.2, 0) is 6.42 Å². The van der Waals surface area contributed by atoms with E-state index in [0.717, 1.165) is 22.9 Å². The molecule has 4 heteroatoms. The molecule has 0 bridgehead atoms. The van der Waals surface area contributed by atoms with Gasteiger partial charge in [0, 0.05) is 4.88 Å². The Morgan fingerprint density at radius 3 is 2.65 bits per heavy atom. The number of hydrogen-bond acceptors (Lipinski definition) is 1. The summed E-state index contributed by atoms with van der Waals surface area (Å²) in [6.07, 6.45) is 0.935. The van der Waals surface area contributed by atoms with Gasteiger partial charge in [-0.3, -0.25) is 0 Å². The van der Waals surface area contributed by atoms with E-state index in [1.54, 1.807) is 17.4 Å². The molecule has 1 atom stereocenters. The molecule has 1 heterocycles. The van der Waals surface area contributed by atoms with Crippen molar-refractivity contribution in [1.82, 2.24) is 0 Å². The predicted octanol–water partition coefficient (Wildman–Crippen LogP) is 5.07. The van der Waals surface area contributed by atoms with Crippen LogP contribution in [0.25, 0.3) is 0 Å². The van der Waals surface area contributed by atoms with E-state index in [0.29, 0.717) is 0 Å². The fraction of sp³-hybridized carbons (Fsp3) is 0.231. The van der Waals surface area contributed by atoms with Crippen molar-refractivity contribution in [1.29, 1.82) is 0 Å². The van der Waals surface area contributed by atoms with Crippen LogP contribution in [0.2, 0.25) is 0 Å². The lowest BCUT2D eigenvalue weighted by atomic mass is 10.1. The van der Waals surface area contributed by atoms with Crippen LogP contribution in [0.1, 0.15) is 27.8 Å². The maximum atomic E-state index is 13.2. The van der Waals surface area contributed by atoms with Gasteiger partial charge in [0.15, 0.2) is 11.6 Å². The van der Waals surface area contributed by atoms with Gasteiger partial charge in [-0.05, 0) is 41.1 Å². The number of thiophene rings is 1. The molecule has 1 unspecified atom stereocenters. The fourth-order valence-corrected chi connectivity index (χ4v) is 3.58. The molecule has 0 spiro atoms. The van der Waals surface area contributed by atoms with Crippen molar-refractivity contribution in [2.45, 2.75) is 18.2 Å². The van der Waals surface area contributed by atoms with E-state index in [2.05, 4.69) is 28.9 Å². The van der Waals surface area contributed by atoms with E-state index in [1.807, 2.05) is 5.38 Å². The highest BCUT2D eigenvalue weighted by molar-refractivity contribution is 9.09.